The number of hydrogen-bond acceptors (Lipinski definition) is 4. The van der Waals surface area contributed by atoms with Crippen molar-refractivity contribution in [1.82, 2.24) is 13.8 Å². The summed E-state index contributed by atoms with van der Waals surface area (Å²) in [5, 5.41) is 3.81. The van der Waals surface area contributed by atoms with Gasteiger partial charge in [0.15, 0.2) is 18.2 Å². The molecule has 5 nitrogen and oxygen atoms in total. The van der Waals surface area contributed by atoms with Crippen molar-refractivity contribution in [1.29, 1.82) is 0 Å². The maximum absolute atomic E-state index is 12.1. The van der Waals surface area contributed by atoms with Gasteiger partial charge in [-0.05, 0) is 12.1 Å². The quantitative estimate of drug-likeness (QED) is 0.829. The summed E-state index contributed by atoms with van der Waals surface area (Å²) in [5.41, 5.74) is 5.21. The zero-order chi connectivity index (χ0) is 10.8. The van der Waals surface area contributed by atoms with Gasteiger partial charge in [-0.25, -0.2) is 0 Å². The molecule has 0 aliphatic heterocycles. The van der Waals surface area contributed by atoms with Crippen LogP contribution in [0, 0.1) is 0 Å². The van der Waals surface area contributed by atoms with E-state index in [9.17, 15) is 8.68 Å². The molecule has 2 aromatic heterocycles. The fourth-order valence-corrected chi connectivity index (χ4v) is 1.38. The first-order chi connectivity index (χ1) is 7.22. The normalized spacial score (nSPS) is 10.5. The number of nitrogens with zero attached hydrogens (tertiary/aromatic N) is 3. The molecule has 0 radical (unpaired) electrons. The maximum Gasteiger partial charge on any atom is 0.279 e. The van der Waals surface area contributed by atoms with Gasteiger partial charge in [0.2, 0.25) is 0 Å². The van der Waals surface area contributed by atoms with E-state index < -0.39 is 0 Å². The topological polar surface area (TPSA) is 65.8 Å². The summed E-state index contributed by atoms with van der Waals surface area (Å²) in [6, 6.07) is 4.64. The number of anilines is 1. The molecule has 0 fully saturated rings. The minimum Gasteiger partial charge on any atom is -0.394 e. The summed E-state index contributed by atoms with van der Waals surface area (Å²) in [4.78, 5) is 11.6. The lowest BCUT2D eigenvalue weighted by Crippen LogP contribution is -2.20. The molecule has 2 rings (SSSR count). The van der Waals surface area contributed by atoms with Crippen LogP contribution in [0.1, 0.15) is 0 Å². The SMILES string of the molecule is Nc1cccn(-c2ccn(SF)n2)c1=O. The average Bonchev–Trinajstić information content (AvgIpc) is 2.70. The third-order valence-corrected chi connectivity index (χ3v) is 2.19. The molecule has 2 heterocycles. The second-order valence-corrected chi connectivity index (χ2v) is 3.30. The summed E-state index contributed by atoms with van der Waals surface area (Å²) >= 11 is -0.0467. The van der Waals surface area contributed by atoms with Crippen molar-refractivity contribution in [2.75, 3.05) is 5.73 Å². The summed E-state index contributed by atoms with van der Waals surface area (Å²) < 4.78 is 14.4. The summed E-state index contributed by atoms with van der Waals surface area (Å²) in [6.07, 6.45) is 2.93. The Kier molecular flexibility index (Phi) is 2.46. The van der Waals surface area contributed by atoms with Crippen molar-refractivity contribution in [2.24, 2.45) is 0 Å². The fraction of sp³-hybridized carbons (Fsp3) is 0. The van der Waals surface area contributed by atoms with Gasteiger partial charge in [0.1, 0.15) is 0 Å². The Hall–Kier alpha value is -1.76. The molecular weight excluding hydrogens is 219 g/mol. The van der Waals surface area contributed by atoms with Gasteiger partial charge in [0.25, 0.3) is 5.56 Å². The molecule has 78 valence electrons. The van der Waals surface area contributed by atoms with E-state index in [1.807, 2.05) is 0 Å². The molecule has 0 aliphatic carbocycles. The maximum atomic E-state index is 12.1. The lowest BCUT2D eigenvalue weighted by Gasteiger charge is -2.01. The number of rotatable bonds is 2. The van der Waals surface area contributed by atoms with Crippen molar-refractivity contribution in [3.8, 4) is 5.82 Å². The molecule has 2 N–H and O–H groups in total. The lowest BCUT2D eigenvalue weighted by atomic mass is 10.4. The molecule has 0 aliphatic rings. The van der Waals surface area contributed by atoms with Crippen LogP contribution >= 0.6 is 12.3 Å². The molecule has 0 spiro atoms. The lowest BCUT2D eigenvalue weighted by molar-refractivity contribution is 0.852. The second kappa shape index (κ2) is 3.77. The van der Waals surface area contributed by atoms with E-state index in [-0.39, 0.29) is 23.6 Å². The minimum atomic E-state index is -0.369. The third kappa shape index (κ3) is 1.73. The Labute approximate surface area is 88.7 Å². The van der Waals surface area contributed by atoms with E-state index in [0.29, 0.717) is 5.82 Å². The molecular formula is C8H7FN4OS. The van der Waals surface area contributed by atoms with Gasteiger partial charge >= 0.3 is 0 Å². The monoisotopic (exact) mass is 226 g/mol. The van der Waals surface area contributed by atoms with Crippen molar-refractivity contribution < 1.29 is 3.89 Å². The Morgan fingerprint density at radius 1 is 1.40 bits per heavy atom. The molecule has 2 aromatic rings. The van der Waals surface area contributed by atoms with Gasteiger partial charge in [0.05, 0.1) is 5.69 Å². The van der Waals surface area contributed by atoms with Gasteiger partial charge < -0.3 is 5.73 Å². The highest BCUT2D eigenvalue weighted by atomic mass is 32.2. The van der Waals surface area contributed by atoms with Crippen LogP contribution in [0.2, 0.25) is 0 Å². The highest BCUT2D eigenvalue weighted by Gasteiger charge is 2.05. The zero-order valence-electron chi connectivity index (χ0n) is 7.50. The van der Waals surface area contributed by atoms with Crippen molar-refractivity contribution in [3.05, 3.63) is 40.9 Å². The standard InChI is InChI=1S/C8H7FN4OS/c9-15-13-5-3-7(11-13)12-4-1-2-6(10)8(12)14/h1-5H,10H2. The predicted octanol–water partition coefficient (Wildman–Crippen LogP) is 0.997. The number of nitrogens with two attached hydrogens (primary N) is 1. The van der Waals surface area contributed by atoms with Gasteiger partial charge in [0, 0.05) is 18.5 Å². The Balaban J connectivity index is 2.54. The molecule has 15 heavy (non-hydrogen) atoms. The molecule has 0 atom stereocenters. The van der Waals surface area contributed by atoms with Crippen molar-refractivity contribution in [3.63, 3.8) is 0 Å². The van der Waals surface area contributed by atoms with Gasteiger partial charge in [-0.2, -0.15) is 4.09 Å². The Morgan fingerprint density at radius 3 is 2.87 bits per heavy atom. The van der Waals surface area contributed by atoms with Gasteiger partial charge in [-0.1, -0.05) is 0 Å². The third-order valence-electron chi connectivity index (χ3n) is 1.85. The summed E-state index contributed by atoms with van der Waals surface area (Å²) in [7, 11) is 0. The van der Waals surface area contributed by atoms with Crippen LogP contribution in [-0.2, 0) is 0 Å². The van der Waals surface area contributed by atoms with E-state index in [2.05, 4.69) is 5.10 Å². The second-order valence-electron chi connectivity index (χ2n) is 2.78. The van der Waals surface area contributed by atoms with E-state index in [1.165, 1.54) is 29.1 Å². The van der Waals surface area contributed by atoms with Crippen LogP contribution in [-0.4, -0.2) is 13.8 Å². The summed E-state index contributed by atoms with van der Waals surface area (Å²) in [6.45, 7) is 0. The number of halogens is 1. The van der Waals surface area contributed by atoms with Crippen molar-refractivity contribution in [2.45, 2.75) is 0 Å². The van der Waals surface area contributed by atoms with Crippen LogP contribution in [0.25, 0.3) is 5.82 Å². The molecule has 0 amide bonds. The van der Waals surface area contributed by atoms with E-state index in [1.54, 1.807) is 6.07 Å². The summed E-state index contributed by atoms with van der Waals surface area (Å²) in [5.74, 6) is 0.331. The minimum absolute atomic E-state index is 0.0467. The average molecular weight is 226 g/mol. The predicted molar refractivity (Wildman–Crippen MR) is 56.3 cm³/mol. The Bertz CT molecular complexity index is 535. The smallest absolute Gasteiger partial charge is 0.279 e. The highest BCUT2D eigenvalue weighted by molar-refractivity contribution is 7.92. The number of nitrogen functional groups attached to an aromatic ring is 1. The molecule has 0 aromatic carbocycles. The van der Waals surface area contributed by atoms with Crippen LogP contribution in [0.3, 0.4) is 0 Å². The zero-order valence-corrected chi connectivity index (χ0v) is 8.32. The molecule has 7 heteroatoms. The number of aromatic nitrogens is 3. The van der Waals surface area contributed by atoms with E-state index in [4.69, 9.17) is 5.73 Å². The first-order valence-electron chi connectivity index (χ1n) is 4.04. The number of hydrogen-bond donors (Lipinski definition) is 1. The molecule has 0 unspecified atom stereocenters. The van der Waals surface area contributed by atoms with E-state index in [0.717, 1.165) is 4.09 Å². The van der Waals surface area contributed by atoms with E-state index >= 15 is 0 Å². The van der Waals surface area contributed by atoms with Gasteiger partial charge in [-0.3, -0.25) is 9.36 Å². The van der Waals surface area contributed by atoms with Crippen LogP contribution in [0.15, 0.2) is 35.4 Å². The molecule has 0 bridgehead atoms. The van der Waals surface area contributed by atoms with Crippen LogP contribution < -0.4 is 11.3 Å². The molecule has 0 saturated carbocycles. The van der Waals surface area contributed by atoms with Crippen LogP contribution in [0.4, 0.5) is 9.57 Å². The first kappa shape index (κ1) is 9.78. The Morgan fingerprint density at radius 2 is 2.20 bits per heavy atom. The number of pyridine rings is 1. The van der Waals surface area contributed by atoms with Gasteiger partial charge in [-0.15, -0.1) is 8.98 Å². The molecule has 0 saturated heterocycles. The van der Waals surface area contributed by atoms with Crippen LogP contribution in [0.5, 0.6) is 0 Å². The highest BCUT2D eigenvalue weighted by Crippen LogP contribution is 2.09. The fourth-order valence-electron chi connectivity index (χ4n) is 1.16. The largest absolute Gasteiger partial charge is 0.394 e. The van der Waals surface area contributed by atoms with Crippen molar-refractivity contribution >= 4 is 18.0 Å². The first-order valence-corrected chi connectivity index (χ1v) is 4.72.